The third kappa shape index (κ3) is 2.19. The van der Waals surface area contributed by atoms with Crippen molar-refractivity contribution in [3.05, 3.63) is 126 Å². The van der Waals surface area contributed by atoms with Crippen LogP contribution >= 0.6 is 0 Å². The van der Waals surface area contributed by atoms with Gasteiger partial charge in [0.05, 0.1) is 24.0 Å². The Bertz CT molecular complexity index is 1780. The van der Waals surface area contributed by atoms with Crippen LogP contribution in [0.15, 0.2) is 104 Å². The quantitative estimate of drug-likeness (QED) is 0.418. The fraction of sp³-hybridized carbons (Fsp3) is 0.167. The average molecular weight is 454 g/mol. The molecule has 34 heavy (non-hydrogen) atoms. The first-order valence-corrected chi connectivity index (χ1v) is 11.0. The van der Waals surface area contributed by atoms with Crippen LogP contribution in [-0.2, 0) is 6.54 Å². The molecule has 0 saturated carbocycles. The zero-order chi connectivity index (χ0) is 23.1. The first kappa shape index (κ1) is 18.9. The monoisotopic (exact) mass is 454 g/mol. The molecule has 2 aromatic carbocycles. The summed E-state index contributed by atoms with van der Waals surface area (Å²) in [7, 11) is 0. The van der Waals surface area contributed by atoms with Crippen LogP contribution in [0.5, 0.6) is 0 Å². The Labute approximate surface area is 190 Å². The van der Waals surface area contributed by atoms with E-state index in [9.17, 15) is 19.2 Å². The molecule has 0 amide bonds. The van der Waals surface area contributed by atoms with E-state index >= 15 is 0 Å². The van der Waals surface area contributed by atoms with Gasteiger partial charge >= 0.3 is 22.8 Å². The van der Waals surface area contributed by atoms with Crippen molar-refractivity contribution in [3.8, 4) is 11.4 Å². The number of hydrogen-bond acceptors (Lipinski definition) is 4. The number of allylic oxidation sites excluding steroid dienone is 4. The lowest BCUT2D eigenvalue weighted by Crippen LogP contribution is -2.50. The van der Waals surface area contributed by atoms with Gasteiger partial charge in [0.15, 0.2) is 0 Å². The summed E-state index contributed by atoms with van der Waals surface area (Å²) < 4.78 is 8.00. The minimum Gasteiger partial charge on any atom is -0.245 e. The summed E-state index contributed by atoms with van der Waals surface area (Å²) in [6.45, 7) is 0.204. The van der Waals surface area contributed by atoms with E-state index in [0.29, 0.717) is 11.4 Å². The van der Waals surface area contributed by atoms with E-state index < -0.39 is 40.9 Å². The van der Waals surface area contributed by atoms with Gasteiger partial charge in [-0.2, -0.15) is 0 Å². The van der Waals surface area contributed by atoms with Crippen LogP contribution in [0.1, 0.15) is 18.1 Å². The maximum atomic E-state index is 13.5. The van der Waals surface area contributed by atoms with Crippen LogP contribution in [-0.4, -0.2) is 27.9 Å². The number of nitrogens with zero attached hydrogens (tertiary/aromatic N) is 6. The standard InChI is InChI=1S/C24H18N6O4/c31-21-25-14-13-17-18-11-12-19(20(17)30(25)24(34)26(21)15-7-3-1-4-8-15)29-23(33)27(22(32)28(18)29)16-9-5-2-6-10-16/h1-13,18-20H,14H2/t18-,19-,20+/m1/s1. The number of hydrogen-bond donors (Lipinski definition) is 0. The first-order chi connectivity index (χ1) is 16.6. The van der Waals surface area contributed by atoms with Crippen LogP contribution in [0.2, 0.25) is 0 Å². The van der Waals surface area contributed by atoms with E-state index in [4.69, 9.17) is 0 Å². The van der Waals surface area contributed by atoms with E-state index in [1.807, 2.05) is 30.4 Å². The number of para-hydroxylation sites is 2. The third-order valence-corrected chi connectivity index (χ3v) is 6.90. The molecule has 0 spiro atoms. The SMILES string of the molecule is O=c1n(-c2ccccc2)c(=O)n2n1CC=C1[C@H]3C=C[C@H]([C@H]12)n1c(=O)n(-c2ccccc2)c(=O)n13. The van der Waals surface area contributed by atoms with E-state index in [-0.39, 0.29) is 6.54 Å². The lowest BCUT2D eigenvalue weighted by molar-refractivity contribution is 0.203. The molecule has 3 aliphatic heterocycles. The minimum absolute atomic E-state index is 0.204. The second-order valence-electron chi connectivity index (χ2n) is 8.56. The molecule has 2 aromatic heterocycles. The van der Waals surface area contributed by atoms with Gasteiger partial charge in [-0.3, -0.25) is 0 Å². The van der Waals surface area contributed by atoms with Crippen molar-refractivity contribution >= 4 is 0 Å². The van der Waals surface area contributed by atoms with Crippen LogP contribution < -0.4 is 22.8 Å². The van der Waals surface area contributed by atoms with Gasteiger partial charge in [-0.25, -0.2) is 47.0 Å². The Balaban J connectivity index is 1.47. The molecular formula is C24H18N6O4. The summed E-state index contributed by atoms with van der Waals surface area (Å²) in [5, 5.41) is 0. The van der Waals surface area contributed by atoms with Crippen molar-refractivity contribution in [2.45, 2.75) is 24.7 Å². The van der Waals surface area contributed by atoms with E-state index in [2.05, 4.69) is 0 Å². The van der Waals surface area contributed by atoms with Gasteiger partial charge in [-0.1, -0.05) is 54.6 Å². The highest BCUT2D eigenvalue weighted by Crippen LogP contribution is 2.46. The molecule has 10 heteroatoms. The summed E-state index contributed by atoms with van der Waals surface area (Å²) in [4.78, 5) is 53.6. The summed E-state index contributed by atoms with van der Waals surface area (Å²) in [5.74, 6) is 0. The topological polar surface area (TPSA) is 97.9 Å². The molecule has 0 saturated heterocycles. The first-order valence-electron chi connectivity index (χ1n) is 11.0. The maximum Gasteiger partial charge on any atom is 0.352 e. The van der Waals surface area contributed by atoms with Crippen molar-refractivity contribution in [2.75, 3.05) is 0 Å². The normalized spacial score (nSPS) is 21.6. The molecule has 0 radical (unpaired) electrons. The summed E-state index contributed by atoms with van der Waals surface area (Å²) in [5.41, 5.74) is -0.0497. The fourth-order valence-electron chi connectivity index (χ4n) is 5.49. The molecule has 168 valence electrons. The zero-order valence-electron chi connectivity index (χ0n) is 17.8. The van der Waals surface area contributed by atoms with Gasteiger partial charge in [0.1, 0.15) is 12.1 Å². The van der Waals surface area contributed by atoms with E-state index in [1.54, 1.807) is 48.5 Å². The van der Waals surface area contributed by atoms with Crippen LogP contribution in [0.25, 0.3) is 11.4 Å². The lowest BCUT2D eigenvalue weighted by Gasteiger charge is -2.43. The van der Waals surface area contributed by atoms with Crippen LogP contribution in [0.4, 0.5) is 0 Å². The van der Waals surface area contributed by atoms with Crippen molar-refractivity contribution in [2.24, 2.45) is 0 Å². The van der Waals surface area contributed by atoms with Gasteiger partial charge in [0.25, 0.3) is 0 Å². The molecule has 8 rings (SSSR count). The largest absolute Gasteiger partial charge is 0.352 e. The molecule has 4 aliphatic rings. The lowest BCUT2D eigenvalue weighted by atomic mass is 9.84. The molecule has 2 bridgehead atoms. The highest BCUT2D eigenvalue weighted by molar-refractivity contribution is 5.37. The highest BCUT2D eigenvalue weighted by atomic mass is 16.2. The van der Waals surface area contributed by atoms with Gasteiger partial charge in [0, 0.05) is 0 Å². The Morgan fingerprint density at radius 2 is 1.18 bits per heavy atom. The number of benzene rings is 2. The Hall–Kier alpha value is -4.60. The van der Waals surface area contributed by atoms with Crippen LogP contribution in [0.3, 0.4) is 0 Å². The summed E-state index contributed by atoms with van der Waals surface area (Å²) in [6, 6.07) is 15.8. The average Bonchev–Trinajstić information content (AvgIpc) is 3.30. The van der Waals surface area contributed by atoms with Gasteiger partial charge < -0.3 is 0 Å². The second-order valence-corrected chi connectivity index (χ2v) is 8.56. The molecule has 4 aromatic rings. The van der Waals surface area contributed by atoms with Crippen molar-refractivity contribution < 1.29 is 0 Å². The van der Waals surface area contributed by atoms with Gasteiger partial charge in [-0.05, 0) is 29.8 Å². The molecule has 1 aliphatic carbocycles. The Kier molecular flexibility index (Phi) is 3.60. The third-order valence-electron chi connectivity index (χ3n) is 6.90. The smallest absolute Gasteiger partial charge is 0.245 e. The molecular weight excluding hydrogens is 436 g/mol. The molecule has 0 fully saturated rings. The molecule has 3 atom stereocenters. The molecule has 5 heterocycles. The summed E-state index contributed by atoms with van der Waals surface area (Å²) in [6.07, 6.45) is 5.62. The number of rotatable bonds is 2. The second kappa shape index (κ2) is 6.47. The van der Waals surface area contributed by atoms with Gasteiger partial charge in [0.2, 0.25) is 0 Å². The minimum atomic E-state index is -0.628. The van der Waals surface area contributed by atoms with Crippen molar-refractivity contribution in [3.63, 3.8) is 0 Å². The molecule has 10 nitrogen and oxygen atoms in total. The number of fused-ring (bicyclic) bond motifs is 1. The zero-order valence-corrected chi connectivity index (χ0v) is 17.8. The Morgan fingerprint density at radius 3 is 1.82 bits per heavy atom. The predicted molar refractivity (Wildman–Crippen MR) is 123 cm³/mol. The molecule has 0 unspecified atom stereocenters. The maximum absolute atomic E-state index is 13.5. The van der Waals surface area contributed by atoms with Crippen molar-refractivity contribution in [1.82, 2.24) is 27.9 Å². The van der Waals surface area contributed by atoms with E-state index in [0.717, 1.165) is 14.7 Å². The predicted octanol–water partition coefficient (Wildman–Crippen LogP) is 0.762. The fourth-order valence-corrected chi connectivity index (χ4v) is 5.49. The highest BCUT2D eigenvalue weighted by Gasteiger charge is 2.47. The van der Waals surface area contributed by atoms with Crippen LogP contribution in [0, 0.1) is 0 Å². The van der Waals surface area contributed by atoms with Crippen molar-refractivity contribution in [1.29, 1.82) is 0 Å². The van der Waals surface area contributed by atoms with Gasteiger partial charge in [-0.15, -0.1) is 0 Å². The number of aromatic nitrogens is 6. The molecule has 0 N–H and O–H groups in total. The van der Waals surface area contributed by atoms with E-state index in [1.165, 1.54) is 18.7 Å². The Morgan fingerprint density at radius 1 is 0.618 bits per heavy atom. The summed E-state index contributed by atoms with van der Waals surface area (Å²) >= 11 is 0.